The van der Waals surface area contributed by atoms with E-state index in [9.17, 15) is 10.2 Å². The molecule has 0 bridgehead atoms. The fourth-order valence-electron chi connectivity index (χ4n) is 10.4. The van der Waals surface area contributed by atoms with Crippen molar-refractivity contribution in [3.05, 3.63) is 155 Å². The Morgan fingerprint density at radius 2 is 1.57 bits per heavy atom. The van der Waals surface area contributed by atoms with Crippen LogP contribution in [0.4, 0.5) is 10.8 Å². The van der Waals surface area contributed by atoms with Crippen LogP contribution in [-0.4, -0.2) is 62.7 Å². The number of anilines is 2. The molecule has 1 aliphatic carbocycles. The Morgan fingerprint density at radius 3 is 2.32 bits per heavy atom. The van der Waals surface area contributed by atoms with Crippen molar-refractivity contribution in [1.29, 1.82) is 0 Å². The number of hydrogen-bond acceptors (Lipinski definition) is 10. The van der Waals surface area contributed by atoms with E-state index in [-0.39, 0.29) is 13.2 Å². The number of amides is 2. The molecule has 0 radical (unpaired) electrons. The molecule has 63 heavy (non-hydrogen) atoms. The first kappa shape index (κ1) is 40.7. The number of nitrogens with zero attached hydrogens (tertiary/aromatic N) is 2. The van der Waals surface area contributed by atoms with Crippen molar-refractivity contribution >= 4 is 50.2 Å². The summed E-state index contributed by atoms with van der Waals surface area (Å²) in [7, 11) is 0. The zero-order chi connectivity index (χ0) is 43.1. The summed E-state index contributed by atoms with van der Waals surface area (Å²) in [6.07, 6.45) is 4.12. The van der Waals surface area contributed by atoms with Crippen molar-refractivity contribution < 1.29 is 34.1 Å². The number of morpholine rings is 1. The Hall–Kier alpha value is -6.36. The molecule has 10 rings (SSSR count). The van der Waals surface area contributed by atoms with Crippen LogP contribution >= 0.6 is 11.3 Å². The predicted molar refractivity (Wildman–Crippen MR) is 240 cm³/mol. The van der Waals surface area contributed by atoms with Crippen LogP contribution in [0.5, 0.6) is 5.75 Å². The molecule has 4 aliphatic rings. The minimum absolute atomic E-state index is 0.0378. The molecule has 2 saturated heterocycles. The summed E-state index contributed by atoms with van der Waals surface area (Å²) in [6.45, 7) is -0.305. The molecular weight excluding hydrogens is 813 g/mol. The highest BCUT2D eigenvalue weighted by Crippen LogP contribution is 2.65. The molecule has 6 aromatic rings. The van der Waals surface area contributed by atoms with Gasteiger partial charge < -0.3 is 30.3 Å². The van der Waals surface area contributed by atoms with Crippen LogP contribution in [-0.2, 0) is 24.5 Å². The summed E-state index contributed by atoms with van der Waals surface area (Å²) in [6, 6.07) is 36.4. The van der Waals surface area contributed by atoms with Gasteiger partial charge in [-0.3, -0.25) is 19.3 Å². The molecule has 1 saturated carbocycles. The molecule has 3 aliphatic heterocycles. The SMILES string of the molecule is O=C1O[C@H](c2ccccc2)[C@H](c2ccccc2)N2[C@H]1[C@@H](C(=O)Nc1nc3ccccc3s1)[C@]1(C(=O)Nc3ccc(C#CC4(O)CCCCCC4)cc31)[C@H]2c1ccccc1OCCO. The van der Waals surface area contributed by atoms with Gasteiger partial charge in [-0.15, -0.1) is 0 Å². The smallest absolute Gasteiger partial charge is 0.324 e. The maximum atomic E-state index is 15.7. The van der Waals surface area contributed by atoms with Crippen LogP contribution in [0.3, 0.4) is 0 Å². The Kier molecular flexibility index (Phi) is 10.8. The number of fused-ring (bicyclic) bond motifs is 4. The first-order chi connectivity index (χ1) is 30.8. The van der Waals surface area contributed by atoms with Gasteiger partial charge in [0.2, 0.25) is 11.8 Å². The number of aliphatic hydroxyl groups excluding tert-OH is 1. The highest BCUT2D eigenvalue weighted by atomic mass is 32.1. The largest absolute Gasteiger partial charge is 0.491 e. The van der Waals surface area contributed by atoms with Gasteiger partial charge in [-0.1, -0.05) is 127 Å². The zero-order valence-electron chi connectivity index (χ0n) is 34.4. The Morgan fingerprint density at radius 1 is 0.873 bits per heavy atom. The van der Waals surface area contributed by atoms with Crippen molar-refractivity contribution in [3.8, 4) is 17.6 Å². The van der Waals surface area contributed by atoms with E-state index in [1.165, 1.54) is 11.3 Å². The summed E-state index contributed by atoms with van der Waals surface area (Å²) in [5.74, 6) is 3.69. The molecule has 4 heterocycles. The lowest BCUT2D eigenvalue weighted by Gasteiger charge is -2.46. The quantitative estimate of drug-likeness (QED) is 0.0678. The van der Waals surface area contributed by atoms with E-state index < -0.39 is 58.9 Å². The standard InChI is InChI=1S/C51H46N4O7S/c56-29-30-61-39-21-11-9-19-35(39)45-51(36-31-32(23-24-37(36)52-48(51)59)25-28-50(60)26-13-1-2-14-27-50)41(46(57)54-49-53-38-20-10-12-22-40(38)63-49)43-47(58)62-44(34-17-7-4-8-18-34)42(55(43)45)33-15-5-3-6-16-33/h3-12,15-24,31,41-45,56,60H,1-2,13-14,26-27,29-30H2,(H,52,59)(H,53,54,57)/t41-,42-,43-,44+,45+,51-/m0/s1. The normalized spacial score (nSPS) is 25.0. The first-order valence-corrected chi connectivity index (χ1v) is 22.4. The van der Waals surface area contributed by atoms with E-state index in [0.717, 1.165) is 41.5 Å². The van der Waals surface area contributed by atoms with Gasteiger partial charge in [-0.05, 0) is 78.8 Å². The average Bonchev–Trinajstić information content (AvgIpc) is 3.89. The fraction of sp³-hybridized carbons (Fsp3) is 0.294. The summed E-state index contributed by atoms with van der Waals surface area (Å²) in [5.41, 5.74) is 1.31. The Balaban J connectivity index is 1.24. The minimum Gasteiger partial charge on any atom is -0.491 e. The number of hydrogen-bond donors (Lipinski definition) is 4. The van der Waals surface area contributed by atoms with Crippen molar-refractivity contribution in [1.82, 2.24) is 9.88 Å². The van der Waals surface area contributed by atoms with E-state index in [4.69, 9.17) is 14.5 Å². The van der Waals surface area contributed by atoms with Gasteiger partial charge >= 0.3 is 5.97 Å². The van der Waals surface area contributed by atoms with Crippen LogP contribution in [0.15, 0.2) is 127 Å². The second-order valence-electron chi connectivity index (χ2n) is 16.8. The Labute approximate surface area is 369 Å². The average molecular weight is 859 g/mol. The van der Waals surface area contributed by atoms with Gasteiger partial charge in [0.1, 0.15) is 35.5 Å². The van der Waals surface area contributed by atoms with Crippen molar-refractivity contribution in [2.75, 3.05) is 23.8 Å². The van der Waals surface area contributed by atoms with Gasteiger partial charge in [-0.2, -0.15) is 0 Å². The third kappa shape index (κ3) is 7.15. The summed E-state index contributed by atoms with van der Waals surface area (Å²) in [4.78, 5) is 53.3. The van der Waals surface area contributed by atoms with Crippen molar-refractivity contribution in [3.63, 3.8) is 0 Å². The number of benzene rings is 5. The van der Waals surface area contributed by atoms with E-state index in [1.807, 2.05) is 120 Å². The summed E-state index contributed by atoms with van der Waals surface area (Å²) < 4.78 is 13.7. The minimum atomic E-state index is -1.81. The molecule has 318 valence electrons. The van der Waals surface area contributed by atoms with Crippen molar-refractivity contribution in [2.45, 2.75) is 73.8 Å². The molecular formula is C51H46N4O7S. The lowest BCUT2D eigenvalue weighted by Crippen LogP contribution is -2.53. The molecule has 2 amide bonds. The molecule has 0 unspecified atom stereocenters. The van der Waals surface area contributed by atoms with Gasteiger partial charge in [0.05, 0.1) is 34.8 Å². The number of carbonyl (C=O) groups excluding carboxylic acids is 3. The highest BCUT2D eigenvalue weighted by molar-refractivity contribution is 7.22. The third-order valence-electron chi connectivity index (χ3n) is 13.0. The molecule has 6 atom stereocenters. The van der Waals surface area contributed by atoms with Gasteiger partial charge in [0, 0.05) is 16.8 Å². The molecule has 12 heteroatoms. The van der Waals surface area contributed by atoms with Crippen LogP contribution in [0, 0.1) is 17.8 Å². The van der Waals surface area contributed by atoms with Gasteiger partial charge in [0.25, 0.3) is 0 Å². The number of para-hydroxylation sites is 2. The van der Waals surface area contributed by atoms with Crippen LogP contribution in [0.25, 0.3) is 10.2 Å². The fourth-order valence-corrected chi connectivity index (χ4v) is 11.2. The zero-order valence-corrected chi connectivity index (χ0v) is 35.2. The number of cyclic esters (lactones) is 1. The number of ether oxygens (including phenoxy) is 2. The second-order valence-corrected chi connectivity index (χ2v) is 17.8. The molecule has 11 nitrogen and oxygen atoms in total. The predicted octanol–water partition coefficient (Wildman–Crippen LogP) is 8.01. The maximum Gasteiger partial charge on any atom is 0.324 e. The van der Waals surface area contributed by atoms with Crippen LogP contribution in [0.2, 0.25) is 0 Å². The Bertz CT molecular complexity index is 2730. The second kappa shape index (κ2) is 16.7. The lowest BCUT2D eigenvalue weighted by molar-refractivity contribution is -0.177. The number of aliphatic hydroxyl groups is 2. The number of nitrogens with one attached hydrogen (secondary N) is 2. The highest BCUT2D eigenvalue weighted by Gasteiger charge is 2.74. The van der Waals surface area contributed by atoms with E-state index in [2.05, 4.69) is 22.5 Å². The third-order valence-corrected chi connectivity index (χ3v) is 14.0. The molecule has 3 fully saturated rings. The van der Waals surface area contributed by atoms with E-state index >= 15 is 14.4 Å². The molecule has 1 aromatic heterocycles. The number of rotatable bonds is 8. The first-order valence-electron chi connectivity index (χ1n) is 21.6. The van der Waals surface area contributed by atoms with E-state index in [0.29, 0.717) is 51.6 Å². The number of carbonyl (C=O) groups is 3. The van der Waals surface area contributed by atoms with Gasteiger partial charge in [-0.25, -0.2) is 4.98 Å². The van der Waals surface area contributed by atoms with Crippen molar-refractivity contribution in [2.24, 2.45) is 5.92 Å². The molecule has 1 spiro atoms. The maximum absolute atomic E-state index is 15.7. The monoisotopic (exact) mass is 858 g/mol. The van der Waals surface area contributed by atoms with Crippen LogP contribution < -0.4 is 15.4 Å². The molecule has 4 N–H and O–H groups in total. The topological polar surface area (TPSA) is 150 Å². The van der Waals surface area contributed by atoms with E-state index in [1.54, 1.807) is 12.1 Å². The van der Waals surface area contributed by atoms with Crippen LogP contribution in [0.1, 0.15) is 84.5 Å². The molecule has 5 aromatic carbocycles. The lowest BCUT2D eigenvalue weighted by atomic mass is 9.65. The number of aromatic nitrogens is 1. The van der Waals surface area contributed by atoms with Gasteiger partial charge in [0.15, 0.2) is 5.13 Å². The number of thiazole rings is 1. The summed E-state index contributed by atoms with van der Waals surface area (Å²) in [5, 5.41) is 28.1. The number of esters is 1. The summed E-state index contributed by atoms with van der Waals surface area (Å²) >= 11 is 1.30.